The summed E-state index contributed by atoms with van der Waals surface area (Å²) in [6, 6.07) is 1.98. The Morgan fingerprint density at radius 2 is 2.07 bits per heavy atom. The van der Waals surface area contributed by atoms with Crippen LogP contribution in [0.2, 0.25) is 0 Å². The predicted molar refractivity (Wildman–Crippen MR) is 54.5 cm³/mol. The Morgan fingerprint density at radius 3 is 2.43 bits per heavy atom. The Balaban J connectivity index is 4.13. The highest BCUT2D eigenvalue weighted by atomic mass is 16.6. The van der Waals surface area contributed by atoms with E-state index in [0.29, 0.717) is 6.42 Å². The van der Waals surface area contributed by atoms with Crippen LogP contribution in [0.1, 0.15) is 47.0 Å². The largest absolute Gasteiger partial charge is 0.459 e. The molecule has 1 unspecified atom stereocenters. The maximum Gasteiger partial charge on any atom is 0.323 e. The van der Waals surface area contributed by atoms with Crippen LogP contribution >= 0.6 is 0 Å². The van der Waals surface area contributed by atoms with Crippen molar-refractivity contribution >= 4 is 5.97 Å². The molecule has 0 aromatic rings. The van der Waals surface area contributed by atoms with Crippen LogP contribution in [0, 0.1) is 17.2 Å². The molecule has 0 spiro atoms. The van der Waals surface area contributed by atoms with Crippen molar-refractivity contribution in [2.24, 2.45) is 5.92 Å². The van der Waals surface area contributed by atoms with E-state index in [1.807, 2.05) is 13.0 Å². The van der Waals surface area contributed by atoms with Crippen LogP contribution < -0.4 is 0 Å². The van der Waals surface area contributed by atoms with Gasteiger partial charge in [0.25, 0.3) is 0 Å². The smallest absolute Gasteiger partial charge is 0.323 e. The Kier molecular flexibility index (Phi) is 5.22. The maximum atomic E-state index is 11.5. The van der Waals surface area contributed by atoms with Crippen molar-refractivity contribution in [1.82, 2.24) is 0 Å². The van der Waals surface area contributed by atoms with E-state index in [0.717, 1.165) is 12.8 Å². The van der Waals surface area contributed by atoms with Gasteiger partial charge < -0.3 is 4.74 Å². The summed E-state index contributed by atoms with van der Waals surface area (Å²) in [6.07, 6.45) is 2.47. The highest BCUT2D eigenvalue weighted by Crippen LogP contribution is 2.15. The van der Waals surface area contributed by atoms with E-state index < -0.39 is 17.5 Å². The lowest BCUT2D eigenvalue weighted by Gasteiger charge is -2.21. The topological polar surface area (TPSA) is 50.1 Å². The number of nitriles is 1. The highest BCUT2D eigenvalue weighted by Gasteiger charge is 2.24. The van der Waals surface area contributed by atoms with Gasteiger partial charge in [0.15, 0.2) is 0 Å². The van der Waals surface area contributed by atoms with Gasteiger partial charge in [-0.1, -0.05) is 19.8 Å². The fourth-order valence-corrected chi connectivity index (χ4v) is 1.02. The summed E-state index contributed by atoms with van der Waals surface area (Å²) >= 11 is 0. The van der Waals surface area contributed by atoms with Gasteiger partial charge in [-0.15, -0.1) is 0 Å². The second-order valence-electron chi connectivity index (χ2n) is 4.36. The van der Waals surface area contributed by atoms with E-state index in [-0.39, 0.29) is 0 Å². The molecule has 0 saturated carbocycles. The molecule has 0 fully saturated rings. The summed E-state index contributed by atoms with van der Waals surface area (Å²) in [7, 11) is 0. The summed E-state index contributed by atoms with van der Waals surface area (Å²) < 4.78 is 5.13. The number of nitrogens with zero attached hydrogens (tertiary/aromatic N) is 1. The lowest BCUT2D eigenvalue weighted by Crippen LogP contribution is -2.28. The van der Waals surface area contributed by atoms with Crippen LogP contribution in [-0.2, 0) is 9.53 Å². The van der Waals surface area contributed by atoms with Gasteiger partial charge in [-0.2, -0.15) is 5.26 Å². The number of hydrogen-bond acceptors (Lipinski definition) is 3. The van der Waals surface area contributed by atoms with Crippen molar-refractivity contribution in [3.05, 3.63) is 0 Å². The molecule has 3 heteroatoms. The SMILES string of the molecule is CCCCC(C#N)C(=O)OC(C)(C)C. The van der Waals surface area contributed by atoms with Gasteiger partial charge in [0.1, 0.15) is 11.5 Å². The first-order valence-corrected chi connectivity index (χ1v) is 5.03. The van der Waals surface area contributed by atoms with Crippen LogP contribution in [0.15, 0.2) is 0 Å². The van der Waals surface area contributed by atoms with Crippen LogP contribution in [0.4, 0.5) is 0 Å². The lowest BCUT2D eigenvalue weighted by atomic mass is 10.0. The number of carbonyl (C=O) groups excluding carboxylic acids is 1. The van der Waals surface area contributed by atoms with Gasteiger partial charge in [0.05, 0.1) is 6.07 Å². The maximum absolute atomic E-state index is 11.5. The van der Waals surface area contributed by atoms with E-state index in [1.165, 1.54) is 0 Å². The minimum Gasteiger partial charge on any atom is -0.459 e. The standard InChI is InChI=1S/C11H19NO2/c1-5-6-7-9(8-12)10(13)14-11(2,3)4/h9H,5-7H2,1-4H3. The fraction of sp³-hybridized carbons (Fsp3) is 0.818. The summed E-state index contributed by atoms with van der Waals surface area (Å²) in [5.74, 6) is -0.998. The van der Waals surface area contributed by atoms with Crippen LogP contribution in [0.5, 0.6) is 0 Å². The molecule has 0 saturated heterocycles. The van der Waals surface area contributed by atoms with Crippen molar-refractivity contribution < 1.29 is 9.53 Å². The molecule has 0 radical (unpaired) electrons. The molecule has 0 aliphatic carbocycles. The molecule has 14 heavy (non-hydrogen) atoms. The first kappa shape index (κ1) is 13.0. The molecule has 0 rings (SSSR count). The first-order valence-electron chi connectivity index (χ1n) is 5.03. The number of hydrogen-bond donors (Lipinski definition) is 0. The number of carbonyl (C=O) groups is 1. The summed E-state index contributed by atoms with van der Waals surface area (Å²) in [6.45, 7) is 7.45. The van der Waals surface area contributed by atoms with Gasteiger partial charge in [0.2, 0.25) is 0 Å². The molecule has 80 valence electrons. The molecule has 3 nitrogen and oxygen atoms in total. The third-order valence-corrected chi connectivity index (χ3v) is 1.69. The van der Waals surface area contributed by atoms with Crippen molar-refractivity contribution in [3.63, 3.8) is 0 Å². The third-order valence-electron chi connectivity index (χ3n) is 1.69. The molecule has 0 heterocycles. The van der Waals surface area contributed by atoms with Gasteiger partial charge in [-0.05, 0) is 27.2 Å². The minimum absolute atomic E-state index is 0.395. The number of unbranched alkanes of at least 4 members (excludes halogenated alkanes) is 1. The Hall–Kier alpha value is -1.04. The Bertz CT molecular complexity index is 222. The van der Waals surface area contributed by atoms with Crippen molar-refractivity contribution in [1.29, 1.82) is 5.26 Å². The van der Waals surface area contributed by atoms with E-state index >= 15 is 0 Å². The zero-order valence-electron chi connectivity index (χ0n) is 9.46. The first-order chi connectivity index (χ1) is 6.40. The molecule has 1 atom stereocenters. The van der Waals surface area contributed by atoms with Crippen LogP contribution in [0.25, 0.3) is 0 Å². The van der Waals surface area contributed by atoms with Gasteiger partial charge in [-0.3, -0.25) is 4.79 Å². The number of ether oxygens (including phenoxy) is 1. The molecule has 0 aliphatic heterocycles. The zero-order valence-corrected chi connectivity index (χ0v) is 9.46. The zero-order chi connectivity index (χ0) is 11.2. The van der Waals surface area contributed by atoms with E-state index in [1.54, 1.807) is 20.8 Å². The third kappa shape index (κ3) is 5.58. The fourth-order valence-electron chi connectivity index (χ4n) is 1.02. The molecule has 0 N–H and O–H groups in total. The monoisotopic (exact) mass is 197 g/mol. The van der Waals surface area contributed by atoms with Crippen LogP contribution in [-0.4, -0.2) is 11.6 Å². The molecule has 0 aromatic carbocycles. The number of rotatable bonds is 4. The second-order valence-corrected chi connectivity index (χ2v) is 4.36. The average Bonchev–Trinajstić information content (AvgIpc) is 2.02. The quantitative estimate of drug-likeness (QED) is 0.651. The van der Waals surface area contributed by atoms with Crippen molar-refractivity contribution in [2.75, 3.05) is 0 Å². The molecule has 0 aliphatic rings. The van der Waals surface area contributed by atoms with Crippen LogP contribution in [0.3, 0.4) is 0 Å². The Morgan fingerprint density at radius 1 is 1.50 bits per heavy atom. The molecule has 0 bridgehead atoms. The average molecular weight is 197 g/mol. The van der Waals surface area contributed by atoms with E-state index in [4.69, 9.17) is 10.00 Å². The highest BCUT2D eigenvalue weighted by molar-refractivity contribution is 5.75. The summed E-state index contributed by atoms with van der Waals surface area (Å²) in [4.78, 5) is 11.5. The normalized spacial score (nSPS) is 13.1. The minimum atomic E-state index is -0.603. The molecular formula is C11H19NO2. The van der Waals surface area contributed by atoms with Gasteiger partial charge in [-0.25, -0.2) is 0 Å². The van der Waals surface area contributed by atoms with Crippen molar-refractivity contribution in [3.8, 4) is 6.07 Å². The lowest BCUT2D eigenvalue weighted by molar-refractivity contribution is -0.158. The van der Waals surface area contributed by atoms with E-state index in [2.05, 4.69) is 0 Å². The molecule has 0 amide bonds. The van der Waals surface area contributed by atoms with E-state index in [9.17, 15) is 4.79 Å². The molecular weight excluding hydrogens is 178 g/mol. The second kappa shape index (κ2) is 5.64. The number of esters is 1. The summed E-state index contributed by atoms with van der Waals surface area (Å²) in [5.41, 5.74) is -0.502. The predicted octanol–water partition coefficient (Wildman–Crippen LogP) is 2.66. The van der Waals surface area contributed by atoms with Gasteiger partial charge >= 0.3 is 5.97 Å². The Labute approximate surface area is 86.1 Å². The summed E-state index contributed by atoms with van der Waals surface area (Å²) in [5, 5.41) is 8.77. The van der Waals surface area contributed by atoms with Crippen molar-refractivity contribution in [2.45, 2.75) is 52.6 Å². The molecule has 0 aromatic heterocycles. The van der Waals surface area contributed by atoms with Gasteiger partial charge in [0, 0.05) is 0 Å².